The van der Waals surface area contributed by atoms with Crippen molar-refractivity contribution in [2.75, 3.05) is 0 Å². The predicted octanol–water partition coefficient (Wildman–Crippen LogP) is 3.30. The van der Waals surface area contributed by atoms with E-state index in [2.05, 4.69) is 25.2 Å². The van der Waals surface area contributed by atoms with Crippen molar-refractivity contribution in [1.29, 1.82) is 0 Å². The molecule has 0 aliphatic heterocycles. The molecule has 20 heavy (non-hydrogen) atoms. The Morgan fingerprint density at radius 3 is 2.85 bits per heavy atom. The zero-order valence-corrected chi connectivity index (χ0v) is 12.6. The highest BCUT2D eigenvalue weighted by atomic mass is 16.4. The van der Waals surface area contributed by atoms with Crippen molar-refractivity contribution in [2.45, 2.75) is 52.1 Å². The molecule has 0 aromatic carbocycles. The number of aliphatic carboxylic acids is 1. The highest BCUT2D eigenvalue weighted by molar-refractivity contribution is 5.78. The molecule has 2 rings (SSSR count). The summed E-state index contributed by atoms with van der Waals surface area (Å²) in [6.07, 6.45) is 13.3. The Balaban J connectivity index is 2.03. The van der Waals surface area contributed by atoms with Gasteiger partial charge in [0.05, 0.1) is 0 Å². The zero-order chi connectivity index (χ0) is 14.8. The molecule has 0 heterocycles. The molecule has 0 aromatic heterocycles. The van der Waals surface area contributed by atoms with Crippen LogP contribution in [0.4, 0.5) is 0 Å². The molecule has 0 radical (unpaired) electrons. The molecule has 3 nitrogen and oxygen atoms in total. The average Bonchev–Trinajstić information content (AvgIpc) is 2.42. The fourth-order valence-corrected chi connectivity index (χ4v) is 3.03. The lowest BCUT2D eigenvalue weighted by Gasteiger charge is -2.37. The third-order valence-electron chi connectivity index (χ3n) is 4.79. The van der Waals surface area contributed by atoms with Gasteiger partial charge in [0.25, 0.3) is 0 Å². The molecule has 0 bridgehead atoms. The maximum atomic E-state index is 11.6. The lowest BCUT2D eigenvalue weighted by atomic mass is 9.77. The Kier molecular flexibility index (Phi) is 4.48. The first-order chi connectivity index (χ1) is 9.43. The van der Waals surface area contributed by atoms with Gasteiger partial charge in [-0.05, 0) is 46.0 Å². The maximum Gasteiger partial charge on any atom is 0.315 e. The third kappa shape index (κ3) is 3.04. The van der Waals surface area contributed by atoms with Crippen molar-refractivity contribution in [1.82, 2.24) is 5.32 Å². The van der Waals surface area contributed by atoms with Gasteiger partial charge in [-0.3, -0.25) is 4.79 Å². The first-order valence-electron chi connectivity index (χ1n) is 7.44. The molecule has 0 saturated heterocycles. The number of hydrogen-bond acceptors (Lipinski definition) is 2. The van der Waals surface area contributed by atoms with Crippen LogP contribution in [0.2, 0.25) is 0 Å². The first-order valence-corrected chi connectivity index (χ1v) is 7.44. The molecular weight excluding hydrogens is 250 g/mol. The minimum absolute atomic E-state index is 0.146. The second-order valence-electron chi connectivity index (χ2n) is 6.35. The van der Waals surface area contributed by atoms with Gasteiger partial charge in [-0.1, -0.05) is 36.0 Å². The molecular formula is C17H25NO2. The number of allylic oxidation sites excluding steroid dienone is 4. The SMILES string of the molecule is CC1=CCC(C(C)NC2C=CC=CC2(C)C(=O)O)CC1. The van der Waals surface area contributed by atoms with Crippen molar-refractivity contribution < 1.29 is 9.90 Å². The molecule has 0 fully saturated rings. The number of nitrogens with one attached hydrogen (secondary N) is 1. The van der Waals surface area contributed by atoms with Crippen molar-refractivity contribution in [3.05, 3.63) is 36.0 Å². The van der Waals surface area contributed by atoms with E-state index in [0.29, 0.717) is 12.0 Å². The zero-order valence-electron chi connectivity index (χ0n) is 12.6. The maximum absolute atomic E-state index is 11.6. The molecule has 0 aromatic rings. The second kappa shape index (κ2) is 5.96. The van der Waals surface area contributed by atoms with E-state index < -0.39 is 11.4 Å². The molecule has 4 unspecified atom stereocenters. The topological polar surface area (TPSA) is 49.3 Å². The minimum Gasteiger partial charge on any atom is -0.481 e. The predicted molar refractivity (Wildman–Crippen MR) is 81.5 cm³/mol. The van der Waals surface area contributed by atoms with Gasteiger partial charge in [0.15, 0.2) is 0 Å². The highest BCUT2D eigenvalue weighted by Gasteiger charge is 2.40. The van der Waals surface area contributed by atoms with E-state index in [1.165, 1.54) is 12.0 Å². The molecule has 2 aliphatic carbocycles. The normalized spacial score (nSPS) is 34.6. The van der Waals surface area contributed by atoms with Crippen LogP contribution in [0.1, 0.15) is 40.0 Å². The lowest BCUT2D eigenvalue weighted by Crippen LogP contribution is -2.51. The van der Waals surface area contributed by atoms with Crippen LogP contribution in [-0.2, 0) is 4.79 Å². The Hall–Kier alpha value is -1.35. The molecule has 0 amide bonds. The van der Waals surface area contributed by atoms with Crippen LogP contribution in [0.5, 0.6) is 0 Å². The van der Waals surface area contributed by atoms with Crippen molar-refractivity contribution >= 4 is 5.97 Å². The summed E-state index contributed by atoms with van der Waals surface area (Å²) in [6, 6.07) is 0.172. The smallest absolute Gasteiger partial charge is 0.315 e. The lowest BCUT2D eigenvalue weighted by molar-refractivity contribution is -0.146. The summed E-state index contributed by atoms with van der Waals surface area (Å²) >= 11 is 0. The molecule has 0 spiro atoms. The molecule has 2 aliphatic rings. The van der Waals surface area contributed by atoms with Crippen molar-refractivity contribution in [3.8, 4) is 0 Å². The Morgan fingerprint density at radius 1 is 1.50 bits per heavy atom. The standard InChI is InChI=1S/C17H25NO2/c1-12-7-9-14(10-8-12)13(2)18-15-6-4-5-11-17(15,3)16(19)20/h4-7,11,13-15,18H,8-10H2,1-3H3,(H,19,20). The number of hydrogen-bond donors (Lipinski definition) is 2. The van der Waals surface area contributed by atoms with E-state index in [9.17, 15) is 9.90 Å². The molecule has 2 N–H and O–H groups in total. The molecule has 3 heteroatoms. The monoisotopic (exact) mass is 275 g/mol. The van der Waals surface area contributed by atoms with E-state index in [-0.39, 0.29) is 6.04 Å². The van der Waals surface area contributed by atoms with Gasteiger partial charge in [-0.25, -0.2) is 0 Å². The second-order valence-corrected chi connectivity index (χ2v) is 6.35. The number of rotatable bonds is 4. The van der Waals surface area contributed by atoms with Gasteiger partial charge in [0.2, 0.25) is 0 Å². The average molecular weight is 275 g/mol. The van der Waals surface area contributed by atoms with Gasteiger partial charge < -0.3 is 10.4 Å². The van der Waals surface area contributed by atoms with Gasteiger partial charge in [0, 0.05) is 12.1 Å². The molecule has 4 atom stereocenters. The summed E-state index contributed by atoms with van der Waals surface area (Å²) in [5, 5.41) is 13.0. The Morgan fingerprint density at radius 2 is 2.25 bits per heavy atom. The van der Waals surface area contributed by atoms with Crippen LogP contribution >= 0.6 is 0 Å². The van der Waals surface area contributed by atoms with E-state index in [0.717, 1.165) is 12.8 Å². The van der Waals surface area contributed by atoms with Gasteiger partial charge in [-0.15, -0.1) is 0 Å². The summed E-state index contributed by atoms with van der Waals surface area (Å²) in [5.41, 5.74) is 0.619. The summed E-state index contributed by atoms with van der Waals surface area (Å²) in [6.45, 7) is 6.14. The van der Waals surface area contributed by atoms with Gasteiger partial charge in [0.1, 0.15) is 5.41 Å². The summed E-state index contributed by atoms with van der Waals surface area (Å²) < 4.78 is 0. The van der Waals surface area contributed by atoms with Crippen LogP contribution in [-0.4, -0.2) is 23.2 Å². The van der Waals surface area contributed by atoms with E-state index in [4.69, 9.17) is 0 Å². The fourth-order valence-electron chi connectivity index (χ4n) is 3.03. The van der Waals surface area contributed by atoms with Crippen LogP contribution in [0.15, 0.2) is 36.0 Å². The van der Waals surface area contributed by atoms with Crippen LogP contribution in [0.25, 0.3) is 0 Å². The van der Waals surface area contributed by atoms with Crippen LogP contribution in [0, 0.1) is 11.3 Å². The minimum atomic E-state index is -0.858. The summed E-state index contributed by atoms with van der Waals surface area (Å²) in [4.78, 5) is 11.6. The largest absolute Gasteiger partial charge is 0.481 e. The first kappa shape index (κ1) is 15.0. The number of carboxylic acid groups (broad SMARTS) is 1. The highest BCUT2D eigenvalue weighted by Crippen LogP contribution is 2.31. The van der Waals surface area contributed by atoms with Crippen LogP contribution < -0.4 is 5.32 Å². The Bertz CT molecular complexity index is 464. The van der Waals surface area contributed by atoms with Gasteiger partial charge >= 0.3 is 5.97 Å². The van der Waals surface area contributed by atoms with Crippen molar-refractivity contribution in [2.24, 2.45) is 11.3 Å². The fraction of sp³-hybridized carbons (Fsp3) is 0.588. The van der Waals surface area contributed by atoms with Gasteiger partial charge in [-0.2, -0.15) is 0 Å². The van der Waals surface area contributed by atoms with E-state index in [1.807, 2.05) is 18.2 Å². The summed E-state index contributed by atoms with van der Waals surface area (Å²) in [7, 11) is 0. The third-order valence-corrected chi connectivity index (χ3v) is 4.79. The number of carbonyl (C=O) groups is 1. The van der Waals surface area contributed by atoms with Crippen molar-refractivity contribution in [3.63, 3.8) is 0 Å². The van der Waals surface area contributed by atoms with Crippen LogP contribution in [0.3, 0.4) is 0 Å². The Labute approximate surface area is 121 Å². The quantitative estimate of drug-likeness (QED) is 0.774. The molecule has 110 valence electrons. The molecule has 0 saturated carbocycles. The number of carboxylic acids is 1. The van der Waals surface area contributed by atoms with E-state index in [1.54, 1.807) is 13.0 Å². The summed E-state index contributed by atoms with van der Waals surface area (Å²) in [5.74, 6) is -0.182. The van der Waals surface area contributed by atoms with E-state index >= 15 is 0 Å².